The second-order valence-corrected chi connectivity index (χ2v) is 0.702. The number of carbonyl (C=O) groups excluding carboxylic acids is 1. The van der Waals surface area contributed by atoms with Crippen LogP contribution in [0.25, 0.3) is 0 Å². The maximum Gasteiger partial charge on any atom is 1.00 e. The Morgan fingerprint density at radius 3 is 1.88 bits per heavy atom. The summed E-state index contributed by atoms with van der Waals surface area (Å²) in [4.78, 5) is 27.7. The number of carbonyl (C=O) groups is 2. The van der Waals surface area contributed by atoms with Crippen molar-refractivity contribution in [2.24, 2.45) is 5.18 Å². The Bertz CT molecular complexity index is 126. The van der Waals surface area contributed by atoms with Crippen molar-refractivity contribution in [3.8, 4) is 0 Å². The van der Waals surface area contributed by atoms with Crippen molar-refractivity contribution in [1.29, 1.82) is 0 Å². The summed E-state index contributed by atoms with van der Waals surface area (Å²) in [6, 6.07) is 0. The van der Waals surface area contributed by atoms with Gasteiger partial charge in [0, 0.05) is 5.18 Å². The van der Waals surface area contributed by atoms with Crippen molar-refractivity contribution < 1.29 is 45.7 Å². The molecule has 1 N–H and O–H groups in total. The predicted octanol–water partition coefficient (Wildman–Crippen LogP) is -3.52. The molecule has 0 spiro atoms. The van der Waals surface area contributed by atoms with Crippen molar-refractivity contribution in [2.45, 2.75) is 0 Å². The molecule has 0 aromatic heterocycles. The third-order valence-corrected chi connectivity index (χ3v) is 0.266. The second kappa shape index (κ2) is 4.89. The van der Waals surface area contributed by atoms with Crippen molar-refractivity contribution in [3.63, 3.8) is 0 Å². The van der Waals surface area contributed by atoms with Crippen LogP contribution in [0.1, 0.15) is 1.43 Å². The van der Waals surface area contributed by atoms with E-state index in [0.29, 0.717) is 0 Å². The second-order valence-electron chi connectivity index (χ2n) is 0.702. The van der Waals surface area contributed by atoms with E-state index in [2.05, 4.69) is 0 Å². The molecule has 0 aliphatic rings. The normalized spacial score (nSPS) is 6.50. The number of hydrogen-bond donors (Lipinski definition) is 1. The summed E-state index contributed by atoms with van der Waals surface area (Å²) in [5, 5.41) is 9.14. The fraction of sp³-hybridized carbons (Fsp3) is 0. The molecule has 0 atom stereocenters. The minimum absolute atomic E-state index is 0. The van der Waals surface area contributed by atoms with E-state index in [4.69, 9.17) is 10.0 Å². The number of amides is 1. The zero-order valence-corrected chi connectivity index (χ0v) is 6.12. The van der Waals surface area contributed by atoms with Crippen LogP contribution in [0.15, 0.2) is 5.18 Å². The molecule has 0 aromatic rings. The Kier molecular flexibility index (Phi) is 6.52. The standard InChI is InChI=1S/C2HNO4.Na.H/c4-1(3-7)2(5)6;;/h(H,5,6);;/q;+1;-1. The monoisotopic (exact) mass is 127 g/mol. The third kappa shape index (κ3) is 3.91. The Balaban J connectivity index is -0.000000180. The van der Waals surface area contributed by atoms with Crippen LogP contribution in [0, 0.1) is 4.91 Å². The molecule has 0 rings (SSSR count). The zero-order valence-electron chi connectivity index (χ0n) is 5.12. The molecular formula is C2H2NNaO4. The summed E-state index contributed by atoms with van der Waals surface area (Å²) in [5.41, 5.74) is 0. The van der Waals surface area contributed by atoms with Gasteiger partial charge in [0.1, 0.15) is 0 Å². The molecule has 6 heteroatoms. The van der Waals surface area contributed by atoms with Crippen LogP contribution >= 0.6 is 0 Å². The Hall–Kier alpha value is -0.260. The number of nitroso groups, excluding NO2 is 1. The summed E-state index contributed by atoms with van der Waals surface area (Å²) in [6.45, 7) is 0. The van der Waals surface area contributed by atoms with E-state index in [1.807, 2.05) is 0 Å². The number of rotatable bonds is 0. The quantitative estimate of drug-likeness (QED) is 0.208. The average molecular weight is 127 g/mol. The summed E-state index contributed by atoms with van der Waals surface area (Å²) >= 11 is 0. The maximum absolute atomic E-state index is 9.43. The molecular weight excluding hydrogens is 125 g/mol. The van der Waals surface area contributed by atoms with E-state index < -0.39 is 11.9 Å². The molecule has 0 bridgehead atoms. The predicted molar refractivity (Wildman–Crippen MR) is 19.5 cm³/mol. The van der Waals surface area contributed by atoms with Gasteiger partial charge in [-0.3, -0.25) is 4.79 Å². The van der Waals surface area contributed by atoms with Crippen LogP contribution < -0.4 is 29.6 Å². The number of hydrogen-bond acceptors (Lipinski definition) is 3. The van der Waals surface area contributed by atoms with Gasteiger partial charge < -0.3 is 6.53 Å². The van der Waals surface area contributed by atoms with Crippen molar-refractivity contribution in [3.05, 3.63) is 4.91 Å². The molecule has 0 radical (unpaired) electrons. The Morgan fingerprint density at radius 1 is 1.50 bits per heavy atom. The first kappa shape index (κ1) is 10.7. The number of aliphatic carboxylic acids is 1. The van der Waals surface area contributed by atoms with Gasteiger partial charge in [0.15, 0.2) is 0 Å². The molecule has 0 saturated heterocycles. The first-order valence-corrected chi connectivity index (χ1v) is 1.29. The maximum atomic E-state index is 9.43. The van der Waals surface area contributed by atoms with Gasteiger partial charge in [-0.2, -0.15) is 0 Å². The zero-order chi connectivity index (χ0) is 5.86. The van der Waals surface area contributed by atoms with Gasteiger partial charge in [0.05, 0.1) is 0 Å². The van der Waals surface area contributed by atoms with Crippen molar-refractivity contribution in [2.75, 3.05) is 0 Å². The van der Waals surface area contributed by atoms with Crippen LogP contribution in [0.3, 0.4) is 0 Å². The molecule has 0 aromatic carbocycles. The number of carboxylic acids is 1. The molecule has 8 heavy (non-hydrogen) atoms. The largest absolute Gasteiger partial charge is 1.00 e. The van der Waals surface area contributed by atoms with E-state index in [0.717, 1.165) is 0 Å². The first-order valence-electron chi connectivity index (χ1n) is 1.29. The van der Waals surface area contributed by atoms with Crippen LogP contribution in [0.2, 0.25) is 0 Å². The Morgan fingerprint density at radius 2 is 1.88 bits per heavy atom. The molecule has 40 valence electrons. The van der Waals surface area contributed by atoms with E-state index in [1.165, 1.54) is 0 Å². The first-order chi connectivity index (χ1) is 3.18. The molecule has 5 nitrogen and oxygen atoms in total. The number of nitrogens with zero attached hydrogens (tertiary/aromatic N) is 1. The van der Waals surface area contributed by atoms with Gasteiger partial charge in [-0.05, 0) is 0 Å². The smallest absolute Gasteiger partial charge is 1.00 e. The fourth-order valence-corrected chi connectivity index (χ4v) is 0.0390. The molecule has 0 unspecified atom stereocenters. The van der Waals surface area contributed by atoms with Gasteiger partial charge >= 0.3 is 41.4 Å². The minimum Gasteiger partial charge on any atom is -1.00 e. The van der Waals surface area contributed by atoms with E-state index >= 15 is 0 Å². The summed E-state index contributed by atoms with van der Waals surface area (Å²) < 4.78 is 0. The van der Waals surface area contributed by atoms with Crippen LogP contribution in [-0.2, 0) is 9.59 Å². The summed E-state index contributed by atoms with van der Waals surface area (Å²) in [6.07, 6.45) is 0. The fourth-order valence-electron chi connectivity index (χ4n) is 0.0390. The van der Waals surface area contributed by atoms with Gasteiger partial charge in [0.25, 0.3) is 0 Å². The van der Waals surface area contributed by atoms with Crippen LogP contribution in [0.4, 0.5) is 0 Å². The summed E-state index contributed by atoms with van der Waals surface area (Å²) in [7, 11) is 0. The van der Waals surface area contributed by atoms with Gasteiger partial charge in [0.2, 0.25) is 0 Å². The number of carboxylic acid groups (broad SMARTS) is 1. The van der Waals surface area contributed by atoms with Crippen LogP contribution in [-0.4, -0.2) is 17.0 Å². The molecule has 0 aliphatic heterocycles. The topological polar surface area (TPSA) is 83.8 Å². The van der Waals surface area contributed by atoms with Gasteiger partial charge in [-0.1, -0.05) is 0 Å². The molecule has 0 saturated carbocycles. The SMILES string of the molecule is O=NC(=O)C(=O)O.[H-].[Na+]. The molecule has 0 heterocycles. The van der Waals surface area contributed by atoms with Crippen LogP contribution in [0.5, 0.6) is 0 Å². The summed E-state index contributed by atoms with van der Waals surface area (Å²) in [5.74, 6) is -3.49. The Labute approximate surface area is 67.8 Å². The van der Waals surface area contributed by atoms with Crippen molar-refractivity contribution in [1.82, 2.24) is 0 Å². The third-order valence-electron chi connectivity index (χ3n) is 0.266. The average Bonchev–Trinajstić information content (AvgIpc) is 1.65. The van der Waals surface area contributed by atoms with E-state index in [1.54, 1.807) is 5.18 Å². The van der Waals surface area contributed by atoms with E-state index in [-0.39, 0.29) is 31.0 Å². The molecule has 0 fully saturated rings. The molecule has 1 amide bonds. The van der Waals surface area contributed by atoms with E-state index in [9.17, 15) is 9.59 Å². The van der Waals surface area contributed by atoms with Gasteiger partial charge in [-0.15, -0.1) is 4.91 Å². The van der Waals surface area contributed by atoms with Crippen molar-refractivity contribution >= 4 is 11.9 Å². The van der Waals surface area contributed by atoms with Gasteiger partial charge in [-0.25, -0.2) is 4.79 Å². The molecule has 0 aliphatic carbocycles. The minimum atomic E-state index is -1.82.